The standard InChI is InChI=1S/C18H22N2O5/c1-18(2,3)25-17(21)19-15-8-13(9-16(19)11-24-10-15)12-5-4-6-14(7-12)20(22)23/h4-8,15-16H,9-11H2,1-3H3. The van der Waals surface area contributed by atoms with Gasteiger partial charge in [-0.15, -0.1) is 0 Å². The fraction of sp³-hybridized carbons (Fsp3) is 0.500. The summed E-state index contributed by atoms with van der Waals surface area (Å²) in [6, 6.07) is 6.24. The van der Waals surface area contributed by atoms with Gasteiger partial charge in [0.2, 0.25) is 0 Å². The van der Waals surface area contributed by atoms with E-state index >= 15 is 0 Å². The van der Waals surface area contributed by atoms with Crippen molar-refractivity contribution in [1.82, 2.24) is 4.90 Å². The van der Waals surface area contributed by atoms with Gasteiger partial charge in [-0.25, -0.2) is 4.79 Å². The SMILES string of the molecule is CC(C)(C)OC(=O)N1C2C=C(c3cccc([N+](=O)[O-])c3)CC1COC2. The third kappa shape index (κ3) is 3.82. The number of hydrogen-bond acceptors (Lipinski definition) is 5. The van der Waals surface area contributed by atoms with E-state index in [4.69, 9.17) is 9.47 Å². The van der Waals surface area contributed by atoms with Crippen LogP contribution in [-0.4, -0.2) is 46.8 Å². The first-order valence-corrected chi connectivity index (χ1v) is 8.29. The maximum absolute atomic E-state index is 12.5. The molecule has 2 bridgehead atoms. The molecule has 7 nitrogen and oxygen atoms in total. The Morgan fingerprint density at radius 2 is 2.12 bits per heavy atom. The summed E-state index contributed by atoms with van der Waals surface area (Å²) in [6.45, 7) is 6.35. The maximum atomic E-state index is 12.5. The van der Waals surface area contributed by atoms with Gasteiger partial charge >= 0.3 is 6.09 Å². The van der Waals surface area contributed by atoms with Crippen molar-refractivity contribution in [3.8, 4) is 0 Å². The summed E-state index contributed by atoms with van der Waals surface area (Å²) in [5.41, 5.74) is 1.32. The highest BCUT2D eigenvalue weighted by molar-refractivity contribution is 5.75. The molecule has 1 saturated heterocycles. The Hall–Kier alpha value is -2.41. The summed E-state index contributed by atoms with van der Waals surface area (Å²) >= 11 is 0. The van der Waals surface area contributed by atoms with Crippen molar-refractivity contribution in [2.24, 2.45) is 0 Å². The van der Waals surface area contributed by atoms with Crippen LogP contribution in [0.5, 0.6) is 0 Å². The number of nitrogens with zero attached hydrogens (tertiary/aromatic N) is 2. The fourth-order valence-electron chi connectivity index (χ4n) is 3.23. The molecule has 0 N–H and O–H groups in total. The highest BCUT2D eigenvalue weighted by atomic mass is 16.6. The van der Waals surface area contributed by atoms with Crippen molar-refractivity contribution in [2.75, 3.05) is 13.2 Å². The van der Waals surface area contributed by atoms with E-state index in [1.807, 2.05) is 32.9 Å². The molecule has 7 heteroatoms. The van der Waals surface area contributed by atoms with Crippen molar-refractivity contribution < 1.29 is 19.2 Å². The van der Waals surface area contributed by atoms with Crippen LogP contribution in [-0.2, 0) is 9.47 Å². The molecule has 134 valence electrons. The average Bonchev–Trinajstić information content (AvgIpc) is 2.52. The Morgan fingerprint density at radius 1 is 1.36 bits per heavy atom. The first-order chi connectivity index (χ1) is 11.7. The zero-order valence-electron chi connectivity index (χ0n) is 14.6. The molecule has 0 saturated carbocycles. The summed E-state index contributed by atoms with van der Waals surface area (Å²) in [7, 11) is 0. The lowest BCUT2D eigenvalue weighted by atomic mass is 9.90. The zero-order chi connectivity index (χ0) is 18.2. The minimum absolute atomic E-state index is 0.0642. The van der Waals surface area contributed by atoms with E-state index in [1.54, 1.807) is 17.0 Å². The largest absolute Gasteiger partial charge is 0.444 e. The van der Waals surface area contributed by atoms with E-state index < -0.39 is 10.5 Å². The molecule has 0 aliphatic carbocycles. The van der Waals surface area contributed by atoms with Crippen LogP contribution >= 0.6 is 0 Å². The van der Waals surface area contributed by atoms with Gasteiger partial charge in [0.15, 0.2) is 0 Å². The van der Waals surface area contributed by atoms with Gasteiger partial charge in [0.05, 0.1) is 30.2 Å². The van der Waals surface area contributed by atoms with Gasteiger partial charge in [-0.1, -0.05) is 18.2 Å². The van der Waals surface area contributed by atoms with Crippen LogP contribution in [0.25, 0.3) is 5.57 Å². The predicted octanol–water partition coefficient (Wildman–Crippen LogP) is 3.39. The first-order valence-electron chi connectivity index (χ1n) is 8.29. The van der Waals surface area contributed by atoms with Crippen molar-refractivity contribution in [2.45, 2.75) is 44.9 Å². The number of nitro benzene ring substituents is 1. The second kappa shape index (κ2) is 6.48. The molecule has 0 aromatic heterocycles. The minimum atomic E-state index is -0.559. The Kier molecular flexibility index (Phi) is 4.51. The van der Waals surface area contributed by atoms with Crippen molar-refractivity contribution >= 4 is 17.4 Å². The van der Waals surface area contributed by atoms with Gasteiger partial charge in [-0.3, -0.25) is 15.0 Å². The Bertz CT molecular complexity index is 722. The number of non-ortho nitro benzene ring substituents is 1. The maximum Gasteiger partial charge on any atom is 0.411 e. The molecule has 1 amide bonds. The summed E-state index contributed by atoms with van der Waals surface area (Å²) < 4.78 is 11.1. The molecule has 0 radical (unpaired) electrons. The first kappa shape index (κ1) is 17.4. The minimum Gasteiger partial charge on any atom is -0.444 e. The highest BCUT2D eigenvalue weighted by Crippen LogP contribution is 2.34. The van der Waals surface area contributed by atoms with Crippen LogP contribution in [0, 0.1) is 10.1 Å². The van der Waals surface area contributed by atoms with Crippen LogP contribution in [0.4, 0.5) is 10.5 Å². The third-order valence-electron chi connectivity index (χ3n) is 4.23. The highest BCUT2D eigenvalue weighted by Gasteiger charge is 2.40. The normalized spacial score (nSPS) is 23.0. The average molecular weight is 346 g/mol. The Morgan fingerprint density at radius 3 is 2.76 bits per heavy atom. The quantitative estimate of drug-likeness (QED) is 0.605. The molecule has 2 aliphatic heterocycles. The van der Waals surface area contributed by atoms with Gasteiger partial charge in [0.25, 0.3) is 5.69 Å². The second-order valence-corrected chi connectivity index (χ2v) is 7.35. The van der Waals surface area contributed by atoms with E-state index in [1.165, 1.54) is 6.07 Å². The summed E-state index contributed by atoms with van der Waals surface area (Å²) in [4.78, 5) is 24.9. The molecule has 1 aromatic rings. The summed E-state index contributed by atoms with van der Waals surface area (Å²) in [5.74, 6) is 0. The Balaban J connectivity index is 1.87. The molecule has 2 unspecified atom stereocenters. The molecule has 2 atom stereocenters. The number of carbonyl (C=O) groups excluding carboxylic acids is 1. The van der Waals surface area contributed by atoms with Gasteiger partial charge in [0.1, 0.15) is 5.60 Å². The number of morpholine rings is 1. The lowest BCUT2D eigenvalue weighted by Crippen LogP contribution is -2.57. The van der Waals surface area contributed by atoms with Gasteiger partial charge < -0.3 is 9.47 Å². The molecule has 25 heavy (non-hydrogen) atoms. The predicted molar refractivity (Wildman–Crippen MR) is 92.2 cm³/mol. The number of benzene rings is 1. The van der Waals surface area contributed by atoms with Crippen LogP contribution in [0.3, 0.4) is 0 Å². The number of amides is 1. The number of fused-ring (bicyclic) bond motifs is 2. The van der Waals surface area contributed by atoms with E-state index in [0.717, 1.165) is 11.1 Å². The van der Waals surface area contributed by atoms with Crippen molar-refractivity contribution in [1.29, 1.82) is 0 Å². The number of ether oxygens (including phenoxy) is 2. The van der Waals surface area contributed by atoms with Gasteiger partial charge in [-0.05, 0) is 38.3 Å². The zero-order valence-corrected chi connectivity index (χ0v) is 14.6. The molecular weight excluding hydrogens is 324 g/mol. The molecule has 0 spiro atoms. The van der Waals surface area contributed by atoms with Gasteiger partial charge in [0, 0.05) is 12.1 Å². The number of nitro groups is 1. The molecular formula is C18H22N2O5. The third-order valence-corrected chi connectivity index (χ3v) is 4.23. The molecule has 2 heterocycles. The smallest absolute Gasteiger partial charge is 0.411 e. The molecule has 2 aliphatic rings. The van der Waals surface area contributed by atoms with Crippen LogP contribution < -0.4 is 0 Å². The van der Waals surface area contributed by atoms with E-state index in [2.05, 4.69) is 0 Å². The van der Waals surface area contributed by atoms with Crippen LogP contribution in [0.15, 0.2) is 30.3 Å². The molecule has 1 aromatic carbocycles. The monoisotopic (exact) mass is 346 g/mol. The number of carbonyl (C=O) groups is 1. The molecule has 3 rings (SSSR count). The van der Waals surface area contributed by atoms with E-state index in [0.29, 0.717) is 19.6 Å². The summed E-state index contributed by atoms with van der Waals surface area (Å²) in [6.07, 6.45) is 2.19. The van der Waals surface area contributed by atoms with Crippen molar-refractivity contribution in [3.63, 3.8) is 0 Å². The summed E-state index contributed by atoms with van der Waals surface area (Å²) in [5, 5.41) is 11.0. The topological polar surface area (TPSA) is 81.9 Å². The van der Waals surface area contributed by atoms with Gasteiger partial charge in [-0.2, -0.15) is 0 Å². The lowest BCUT2D eigenvalue weighted by Gasteiger charge is -2.44. The van der Waals surface area contributed by atoms with Crippen LogP contribution in [0.1, 0.15) is 32.8 Å². The fourth-order valence-corrected chi connectivity index (χ4v) is 3.23. The number of rotatable bonds is 2. The number of hydrogen-bond donors (Lipinski definition) is 0. The van der Waals surface area contributed by atoms with Crippen molar-refractivity contribution in [3.05, 3.63) is 46.0 Å². The van der Waals surface area contributed by atoms with Crippen LogP contribution in [0.2, 0.25) is 0 Å². The molecule has 1 fully saturated rings. The van der Waals surface area contributed by atoms with E-state index in [-0.39, 0.29) is 23.9 Å². The lowest BCUT2D eigenvalue weighted by molar-refractivity contribution is -0.384. The van der Waals surface area contributed by atoms with E-state index in [9.17, 15) is 14.9 Å². The second-order valence-electron chi connectivity index (χ2n) is 7.35. The Labute approximate surface area is 146 Å².